The summed E-state index contributed by atoms with van der Waals surface area (Å²) in [6, 6.07) is 0. The highest BCUT2D eigenvalue weighted by Gasteiger charge is 2.86. The van der Waals surface area contributed by atoms with Gasteiger partial charge in [-0.15, -0.1) is 0 Å². The first-order valence-electron chi connectivity index (χ1n) is 16.4. The van der Waals surface area contributed by atoms with E-state index in [1.165, 1.54) is 38.5 Å². The molecular formula is C30H72Si6. The molecule has 0 aromatic rings. The summed E-state index contributed by atoms with van der Waals surface area (Å²) in [7, 11) is -9.33. The van der Waals surface area contributed by atoms with Gasteiger partial charge in [-0.25, -0.2) is 0 Å². The molecule has 0 aromatic heterocycles. The van der Waals surface area contributed by atoms with Crippen molar-refractivity contribution in [2.45, 2.75) is 194 Å². The van der Waals surface area contributed by atoms with Crippen molar-refractivity contribution in [2.75, 3.05) is 0 Å². The quantitative estimate of drug-likeness (QED) is 0.195. The topological polar surface area (TPSA) is 0 Å². The molecule has 0 N–H and O–H groups in total. The van der Waals surface area contributed by atoms with Gasteiger partial charge in [0.2, 0.25) is 0 Å². The van der Waals surface area contributed by atoms with E-state index in [9.17, 15) is 0 Å². The summed E-state index contributed by atoms with van der Waals surface area (Å²) >= 11 is 0. The lowest BCUT2D eigenvalue weighted by atomic mass is 10.4. The number of rotatable bonds is 12. The third kappa shape index (κ3) is 3.89. The zero-order chi connectivity index (χ0) is 28.7. The van der Waals surface area contributed by atoms with E-state index in [-0.39, 0.29) is 0 Å². The van der Waals surface area contributed by atoms with E-state index in [1.807, 2.05) is 0 Å². The van der Waals surface area contributed by atoms with Crippen molar-refractivity contribution < 1.29 is 0 Å². The monoisotopic (exact) mass is 600 g/mol. The Balaban J connectivity index is 4.77. The summed E-state index contributed by atoms with van der Waals surface area (Å²) in [4.78, 5) is 0. The number of hydrogen-bond donors (Lipinski definition) is 0. The van der Waals surface area contributed by atoms with Crippen LogP contribution in [0.15, 0.2) is 0 Å². The highest BCUT2D eigenvalue weighted by Crippen LogP contribution is 2.68. The van der Waals surface area contributed by atoms with Gasteiger partial charge in [0.1, 0.15) is 0 Å². The van der Waals surface area contributed by atoms with Gasteiger partial charge < -0.3 is 0 Å². The van der Waals surface area contributed by atoms with Crippen molar-refractivity contribution >= 4 is 42.7 Å². The predicted octanol–water partition coefficient (Wildman–Crippen LogP) is 11.7. The molecule has 0 bridgehead atoms. The van der Waals surface area contributed by atoms with Crippen LogP contribution in [0.3, 0.4) is 0 Å². The van der Waals surface area contributed by atoms with Crippen molar-refractivity contribution in [1.29, 1.82) is 0 Å². The summed E-state index contributed by atoms with van der Waals surface area (Å²) in [5.41, 5.74) is 6.14. The zero-order valence-electron chi connectivity index (χ0n) is 28.7. The number of hydrogen-bond acceptors (Lipinski definition) is 0. The average molecular weight is 601 g/mol. The van der Waals surface area contributed by atoms with Crippen LogP contribution in [0.2, 0.25) is 72.5 Å². The predicted molar refractivity (Wildman–Crippen MR) is 188 cm³/mol. The zero-order valence-corrected chi connectivity index (χ0v) is 34.7. The van der Waals surface area contributed by atoms with Crippen LogP contribution in [-0.4, -0.2) is 42.7 Å². The van der Waals surface area contributed by atoms with Gasteiger partial charge in [-0.2, -0.15) is 0 Å². The van der Waals surface area contributed by atoms with Gasteiger partial charge in [0.05, 0.1) is 0 Å². The van der Waals surface area contributed by atoms with Crippen molar-refractivity contribution in [2.24, 2.45) is 0 Å². The van der Waals surface area contributed by atoms with Crippen LogP contribution < -0.4 is 0 Å². The lowest BCUT2D eigenvalue weighted by molar-refractivity contribution is 0.800. The van der Waals surface area contributed by atoms with E-state index >= 15 is 0 Å². The van der Waals surface area contributed by atoms with Gasteiger partial charge in [-0.3, -0.25) is 0 Å². The summed E-state index contributed by atoms with van der Waals surface area (Å²) in [5.74, 6) is 0. The smallest absolute Gasteiger partial charge is 0.0375 e. The second kappa shape index (κ2) is 12.0. The van der Waals surface area contributed by atoms with Gasteiger partial charge in [-0.05, 0) is 0 Å². The molecular weight excluding hydrogens is 529 g/mol. The van der Waals surface area contributed by atoms with Crippen molar-refractivity contribution in [1.82, 2.24) is 0 Å². The van der Waals surface area contributed by atoms with Crippen molar-refractivity contribution in [3.05, 3.63) is 0 Å². The molecule has 1 rings (SSSR count). The van der Waals surface area contributed by atoms with E-state index in [0.717, 1.165) is 33.2 Å². The Kier molecular flexibility index (Phi) is 11.8. The van der Waals surface area contributed by atoms with Gasteiger partial charge in [0.15, 0.2) is 0 Å². The molecule has 0 radical (unpaired) electrons. The van der Waals surface area contributed by atoms with Crippen LogP contribution in [0.25, 0.3) is 0 Å². The molecule has 216 valence electrons. The molecule has 1 heterocycles. The molecule has 0 aromatic carbocycles. The molecule has 1 aliphatic heterocycles. The molecule has 0 spiro atoms. The fraction of sp³-hybridized carbons (Fsp3) is 1.00. The van der Waals surface area contributed by atoms with Crippen LogP contribution in [-0.2, 0) is 0 Å². The standard InChI is InChI=1S/C30H72Si6/c1-19-25(7)31(13)32(14,26(8)20-2)34(16,28(10)22-4)36(18,30(12)24-6)35(17,29(11)23-5)33(31,15)27(9)21-3/h25-30H,19-24H2,1-18H3. The molecule has 1 aliphatic rings. The first-order valence-corrected chi connectivity index (χ1v) is 37.9. The Hall–Kier alpha value is 1.30. The maximum Gasteiger partial charge on any atom is 0.0375 e. The summed E-state index contributed by atoms with van der Waals surface area (Å²) in [6.07, 6.45) is 8.74. The minimum Gasteiger partial charge on any atom is -0.0731 e. The van der Waals surface area contributed by atoms with Gasteiger partial charge >= 0.3 is 0 Å². The maximum atomic E-state index is 3.17. The van der Waals surface area contributed by atoms with Crippen LogP contribution in [0.1, 0.15) is 122 Å². The molecule has 0 saturated carbocycles. The first kappa shape index (κ1) is 35.3. The van der Waals surface area contributed by atoms with E-state index in [2.05, 4.69) is 122 Å². The maximum absolute atomic E-state index is 3.17. The largest absolute Gasteiger partial charge is 0.0731 e. The van der Waals surface area contributed by atoms with E-state index < -0.39 is 42.7 Å². The second-order valence-corrected chi connectivity index (χ2v) is 81.8. The van der Waals surface area contributed by atoms with E-state index in [1.54, 1.807) is 0 Å². The summed E-state index contributed by atoms with van der Waals surface area (Å²) in [5, 5.41) is 0. The Labute approximate surface area is 235 Å². The fourth-order valence-electron chi connectivity index (χ4n) is 11.8. The Bertz CT molecular complexity index is 553. The molecule has 6 atom stereocenters. The van der Waals surface area contributed by atoms with E-state index in [0.29, 0.717) is 0 Å². The Morgan fingerprint density at radius 2 is 0.361 bits per heavy atom. The van der Waals surface area contributed by atoms with Crippen LogP contribution >= 0.6 is 0 Å². The highest BCUT2D eigenvalue weighted by atomic mass is 30.2. The molecule has 36 heavy (non-hydrogen) atoms. The molecule has 6 unspecified atom stereocenters. The molecule has 0 aliphatic carbocycles. The second-order valence-electron chi connectivity index (χ2n) is 15.1. The Morgan fingerprint density at radius 1 is 0.278 bits per heavy atom. The minimum absolute atomic E-state index is 1.02. The van der Waals surface area contributed by atoms with Gasteiger partial charge in [0.25, 0.3) is 0 Å². The molecule has 0 amide bonds. The third-order valence-corrected chi connectivity index (χ3v) is 169. The molecule has 1 fully saturated rings. The van der Waals surface area contributed by atoms with Gasteiger partial charge in [0, 0.05) is 42.7 Å². The SMILES string of the molecule is CCC(C)[Si]1(C)[Si](C)(C(C)CC)[Si](C)(C(C)CC)[Si](C)(C(C)CC)[Si](C)(C(C)CC)[Si]1(C)C(C)CC. The summed E-state index contributed by atoms with van der Waals surface area (Å²) < 4.78 is 0. The first-order chi connectivity index (χ1) is 16.4. The van der Waals surface area contributed by atoms with Crippen LogP contribution in [0.5, 0.6) is 0 Å². The fourth-order valence-corrected chi connectivity index (χ4v) is 288. The highest BCUT2D eigenvalue weighted by molar-refractivity contribution is 8.14. The van der Waals surface area contributed by atoms with Crippen LogP contribution in [0, 0.1) is 0 Å². The van der Waals surface area contributed by atoms with Gasteiger partial charge in [-0.1, -0.05) is 194 Å². The van der Waals surface area contributed by atoms with Crippen LogP contribution in [0.4, 0.5) is 0 Å². The third-order valence-electron chi connectivity index (χ3n) is 16.1. The molecule has 0 nitrogen and oxygen atoms in total. The Morgan fingerprint density at radius 3 is 0.417 bits per heavy atom. The lowest BCUT2D eigenvalue weighted by Gasteiger charge is -2.82. The summed E-state index contributed by atoms with van der Waals surface area (Å²) in [6.45, 7) is 51.6. The average Bonchev–Trinajstić information content (AvgIpc) is 2.90. The molecule has 1 saturated heterocycles. The lowest BCUT2D eigenvalue weighted by Crippen LogP contribution is -3.06. The van der Waals surface area contributed by atoms with E-state index in [4.69, 9.17) is 0 Å². The molecule has 6 heteroatoms. The minimum atomic E-state index is -1.56. The van der Waals surface area contributed by atoms with Crippen molar-refractivity contribution in [3.8, 4) is 0 Å². The normalized spacial score (nSPS) is 44.5. The van der Waals surface area contributed by atoms with Crippen molar-refractivity contribution in [3.63, 3.8) is 0 Å².